The van der Waals surface area contributed by atoms with Gasteiger partial charge in [-0.05, 0) is 68.4 Å². The molecule has 38 heavy (non-hydrogen) atoms. The number of likely N-dealkylation sites (tertiary alicyclic amines) is 1. The van der Waals surface area contributed by atoms with Gasteiger partial charge in [-0.15, -0.1) is 0 Å². The number of aliphatic hydroxyl groups excluding tert-OH is 1. The number of hydrogen-bond acceptors (Lipinski definition) is 4. The van der Waals surface area contributed by atoms with Crippen LogP contribution >= 0.6 is 0 Å². The van der Waals surface area contributed by atoms with Crippen LogP contribution < -0.4 is 4.74 Å². The fourth-order valence-corrected chi connectivity index (χ4v) is 5.22. The molecule has 0 radical (unpaired) electrons. The van der Waals surface area contributed by atoms with Crippen LogP contribution in [-0.2, 0) is 11.2 Å². The quantitative estimate of drug-likeness (QED) is 0.0934. The third-order valence-corrected chi connectivity index (χ3v) is 7.45. The van der Waals surface area contributed by atoms with Gasteiger partial charge in [-0.1, -0.05) is 93.7 Å². The number of rotatable bonds is 18. The Morgan fingerprint density at radius 1 is 0.947 bits per heavy atom. The number of unbranched alkanes of at least 4 members (excludes halogenated alkanes) is 8. The number of allylic oxidation sites excluding steroid dienone is 4. The van der Waals surface area contributed by atoms with Crippen molar-refractivity contribution in [3.8, 4) is 5.75 Å². The lowest BCUT2D eigenvalue weighted by Gasteiger charge is -2.17. The molecule has 1 heterocycles. The minimum atomic E-state index is -0.201. The Kier molecular flexibility index (Phi) is 14.2. The van der Waals surface area contributed by atoms with Crippen molar-refractivity contribution in [2.45, 2.75) is 103 Å². The molecule has 0 saturated carbocycles. The summed E-state index contributed by atoms with van der Waals surface area (Å²) in [6, 6.07) is 12.2. The molecule has 0 aromatic heterocycles. The summed E-state index contributed by atoms with van der Waals surface area (Å²) in [5, 5.41) is 12.0. The number of fused-ring (bicyclic) bond motifs is 1. The third kappa shape index (κ3) is 11.1. The summed E-state index contributed by atoms with van der Waals surface area (Å²) in [6.45, 7) is 4.85. The fourth-order valence-electron chi connectivity index (χ4n) is 5.22. The molecule has 0 bridgehead atoms. The minimum Gasteiger partial charge on any atom is -0.426 e. The number of esters is 1. The number of carbonyl (C=O) groups is 1. The maximum atomic E-state index is 12.6. The first kappa shape index (κ1) is 30.1. The summed E-state index contributed by atoms with van der Waals surface area (Å²) >= 11 is 0. The Morgan fingerprint density at radius 2 is 1.66 bits per heavy atom. The second kappa shape index (κ2) is 18.0. The fraction of sp³-hybridized carbons (Fsp3) is 0.559. The molecule has 0 aliphatic carbocycles. The van der Waals surface area contributed by atoms with E-state index >= 15 is 0 Å². The van der Waals surface area contributed by atoms with Crippen molar-refractivity contribution in [3.63, 3.8) is 0 Å². The Bertz CT molecular complexity index is 1010. The molecule has 1 aliphatic rings. The molecule has 0 amide bonds. The number of ether oxygens (including phenoxy) is 1. The van der Waals surface area contributed by atoms with Crippen molar-refractivity contribution < 1.29 is 14.6 Å². The summed E-state index contributed by atoms with van der Waals surface area (Å²) in [6.07, 6.45) is 24.1. The number of β-amino-alcohol motifs (C(OH)–C–C–N with tert-alkyl or cyclic N) is 1. The third-order valence-electron chi connectivity index (χ3n) is 7.45. The highest BCUT2D eigenvalue weighted by atomic mass is 16.5. The molecule has 3 rings (SSSR count). The molecule has 0 spiro atoms. The molecule has 0 unspecified atom stereocenters. The molecule has 1 N–H and O–H groups in total. The summed E-state index contributed by atoms with van der Waals surface area (Å²) < 4.78 is 5.87. The average molecular weight is 520 g/mol. The van der Waals surface area contributed by atoms with Gasteiger partial charge in [0.15, 0.2) is 0 Å². The summed E-state index contributed by atoms with van der Waals surface area (Å²) in [7, 11) is 0. The molecule has 1 aliphatic heterocycles. The second-order valence-electron chi connectivity index (χ2n) is 10.7. The SMILES string of the molecule is CCCCC/C=C\C/C=C\CCCCCCCC(=O)Oc1cccc2cccc(CCN3CC[C@H](O)C3)c12. The standard InChI is InChI=1S/C34H49NO3/c1-2-3-4-5-6-7-8-9-10-11-12-13-14-15-16-23-33(37)38-32-22-18-21-29-19-17-20-30(34(29)32)24-26-35-27-25-31(36)28-35/h6-7,9-10,17-22,31,36H,2-5,8,11-16,23-28H2,1H3/b7-6-,10-9-/t31-/m0/s1. The first-order chi connectivity index (χ1) is 18.7. The van der Waals surface area contributed by atoms with Crippen LogP contribution in [0.5, 0.6) is 5.75 Å². The topological polar surface area (TPSA) is 49.8 Å². The van der Waals surface area contributed by atoms with Crippen molar-refractivity contribution in [1.29, 1.82) is 0 Å². The van der Waals surface area contributed by atoms with Crippen LogP contribution in [0.25, 0.3) is 10.8 Å². The lowest BCUT2D eigenvalue weighted by atomic mass is 10.0. The molecule has 2 aromatic rings. The van der Waals surface area contributed by atoms with Gasteiger partial charge in [-0.2, -0.15) is 0 Å². The predicted molar refractivity (Wildman–Crippen MR) is 160 cm³/mol. The molecule has 1 fully saturated rings. The van der Waals surface area contributed by atoms with Gasteiger partial charge < -0.3 is 14.7 Å². The van der Waals surface area contributed by atoms with E-state index in [-0.39, 0.29) is 12.1 Å². The van der Waals surface area contributed by atoms with Gasteiger partial charge in [0.2, 0.25) is 0 Å². The Morgan fingerprint density at radius 3 is 2.39 bits per heavy atom. The van der Waals surface area contributed by atoms with Crippen LogP contribution in [-0.4, -0.2) is 41.7 Å². The zero-order chi connectivity index (χ0) is 26.8. The molecular weight excluding hydrogens is 470 g/mol. The van der Waals surface area contributed by atoms with E-state index in [0.29, 0.717) is 12.2 Å². The first-order valence-corrected chi connectivity index (χ1v) is 15.1. The van der Waals surface area contributed by atoms with Gasteiger partial charge in [0, 0.05) is 31.4 Å². The van der Waals surface area contributed by atoms with Crippen LogP contribution in [0.4, 0.5) is 0 Å². The smallest absolute Gasteiger partial charge is 0.311 e. The normalized spacial score (nSPS) is 16.3. The first-order valence-electron chi connectivity index (χ1n) is 15.1. The van der Waals surface area contributed by atoms with Gasteiger partial charge in [0.1, 0.15) is 5.75 Å². The molecule has 4 heteroatoms. The monoisotopic (exact) mass is 519 g/mol. The van der Waals surface area contributed by atoms with Gasteiger partial charge in [0.05, 0.1) is 6.10 Å². The Labute approximate surface area is 230 Å². The van der Waals surface area contributed by atoms with E-state index < -0.39 is 0 Å². The van der Waals surface area contributed by atoms with Crippen molar-refractivity contribution >= 4 is 16.7 Å². The van der Waals surface area contributed by atoms with E-state index in [4.69, 9.17) is 4.74 Å². The van der Waals surface area contributed by atoms with Crippen molar-refractivity contribution in [1.82, 2.24) is 4.90 Å². The number of benzene rings is 2. The van der Waals surface area contributed by atoms with E-state index in [1.165, 1.54) is 50.5 Å². The lowest BCUT2D eigenvalue weighted by molar-refractivity contribution is -0.134. The molecule has 1 saturated heterocycles. The Hall–Kier alpha value is -2.43. The van der Waals surface area contributed by atoms with Gasteiger partial charge in [-0.3, -0.25) is 4.79 Å². The van der Waals surface area contributed by atoms with Crippen molar-refractivity contribution in [2.24, 2.45) is 0 Å². The predicted octanol–water partition coefficient (Wildman–Crippen LogP) is 8.17. The van der Waals surface area contributed by atoms with Crippen molar-refractivity contribution in [2.75, 3.05) is 19.6 Å². The molecule has 1 atom stereocenters. The van der Waals surface area contributed by atoms with Crippen LogP contribution in [0.2, 0.25) is 0 Å². The van der Waals surface area contributed by atoms with E-state index in [2.05, 4.69) is 60.4 Å². The van der Waals surface area contributed by atoms with Crippen LogP contribution in [0.1, 0.15) is 96.0 Å². The zero-order valence-electron chi connectivity index (χ0n) is 23.6. The van der Waals surface area contributed by atoms with E-state index in [1.807, 2.05) is 12.1 Å². The van der Waals surface area contributed by atoms with E-state index in [9.17, 15) is 9.90 Å². The summed E-state index contributed by atoms with van der Waals surface area (Å²) in [4.78, 5) is 14.9. The number of nitrogens with zero attached hydrogens (tertiary/aromatic N) is 1. The maximum Gasteiger partial charge on any atom is 0.311 e. The maximum absolute atomic E-state index is 12.6. The van der Waals surface area contributed by atoms with E-state index in [1.54, 1.807) is 0 Å². The number of aliphatic hydroxyl groups is 1. The van der Waals surface area contributed by atoms with Gasteiger partial charge in [-0.25, -0.2) is 0 Å². The Balaban J connectivity index is 1.32. The summed E-state index contributed by atoms with van der Waals surface area (Å²) in [5.41, 5.74) is 1.20. The van der Waals surface area contributed by atoms with Gasteiger partial charge >= 0.3 is 5.97 Å². The lowest BCUT2D eigenvalue weighted by Crippen LogP contribution is -2.24. The van der Waals surface area contributed by atoms with Gasteiger partial charge in [0.25, 0.3) is 0 Å². The van der Waals surface area contributed by atoms with E-state index in [0.717, 1.165) is 68.9 Å². The summed E-state index contributed by atoms with van der Waals surface area (Å²) in [5.74, 6) is 0.535. The van der Waals surface area contributed by atoms with Crippen LogP contribution in [0.3, 0.4) is 0 Å². The molecule has 2 aromatic carbocycles. The largest absolute Gasteiger partial charge is 0.426 e. The zero-order valence-corrected chi connectivity index (χ0v) is 23.6. The second-order valence-corrected chi connectivity index (χ2v) is 10.7. The molecule has 4 nitrogen and oxygen atoms in total. The number of carbonyl (C=O) groups excluding carboxylic acids is 1. The number of hydrogen-bond donors (Lipinski definition) is 1. The minimum absolute atomic E-state index is 0.138. The molecule has 208 valence electrons. The van der Waals surface area contributed by atoms with Crippen LogP contribution in [0, 0.1) is 0 Å². The average Bonchev–Trinajstić information content (AvgIpc) is 3.34. The highest BCUT2D eigenvalue weighted by Gasteiger charge is 2.20. The van der Waals surface area contributed by atoms with Crippen molar-refractivity contribution in [3.05, 3.63) is 66.3 Å². The highest BCUT2D eigenvalue weighted by molar-refractivity contribution is 5.93. The van der Waals surface area contributed by atoms with Crippen LogP contribution in [0.15, 0.2) is 60.7 Å². The molecular formula is C34H49NO3. The highest BCUT2D eigenvalue weighted by Crippen LogP contribution is 2.30.